The number of ether oxygens (including phenoxy) is 1. The predicted octanol–water partition coefficient (Wildman–Crippen LogP) is 5.15. The number of hydrogen-bond donors (Lipinski definition) is 0. The molecule has 154 valence electrons. The van der Waals surface area contributed by atoms with Gasteiger partial charge < -0.3 is 9.64 Å². The van der Waals surface area contributed by atoms with Crippen LogP contribution in [0.15, 0.2) is 54.9 Å². The largest absolute Gasteiger partial charge is 0.488 e. The van der Waals surface area contributed by atoms with Gasteiger partial charge in [-0.1, -0.05) is 30.3 Å². The second-order valence-electron chi connectivity index (χ2n) is 8.43. The summed E-state index contributed by atoms with van der Waals surface area (Å²) in [7, 11) is 0. The number of aromatic nitrogens is 2. The van der Waals surface area contributed by atoms with Crippen molar-refractivity contribution in [2.24, 2.45) is 0 Å². The van der Waals surface area contributed by atoms with E-state index in [1.807, 2.05) is 29.3 Å². The highest BCUT2D eigenvalue weighted by Gasteiger charge is 2.30. The van der Waals surface area contributed by atoms with Crippen LogP contribution in [-0.4, -0.2) is 21.7 Å². The Hall–Kier alpha value is -3.08. The number of amides is 1. The Morgan fingerprint density at radius 1 is 1.13 bits per heavy atom. The summed E-state index contributed by atoms with van der Waals surface area (Å²) in [6, 6.07) is 15.1. The maximum Gasteiger partial charge on any atom is 0.224 e. The molecule has 0 bridgehead atoms. The highest BCUT2D eigenvalue weighted by atomic mass is 16.5. The Kier molecular flexibility index (Phi) is 4.81. The van der Waals surface area contributed by atoms with Gasteiger partial charge >= 0.3 is 0 Å². The molecule has 1 saturated carbocycles. The topological polar surface area (TPSA) is 47.4 Å². The molecule has 0 N–H and O–H groups in total. The van der Waals surface area contributed by atoms with Gasteiger partial charge in [0.2, 0.25) is 5.91 Å². The fraction of sp³-hybridized carbons (Fsp3) is 0.360. The summed E-state index contributed by atoms with van der Waals surface area (Å²) in [6.45, 7) is 4.25. The van der Waals surface area contributed by atoms with Crippen molar-refractivity contribution in [3.8, 4) is 16.9 Å². The molecular formula is C25H27N3O2. The molecule has 2 heterocycles. The van der Waals surface area contributed by atoms with E-state index in [9.17, 15) is 4.79 Å². The summed E-state index contributed by atoms with van der Waals surface area (Å²) in [5.74, 6) is 0.955. The SMILES string of the molecule is CC(=O)N1c2ccc(-c3cnn(C4CC4)c3)c(OCc3ccccc3)c2CC[C@@H]1C. The highest BCUT2D eigenvalue weighted by molar-refractivity contribution is 5.95. The van der Waals surface area contributed by atoms with Crippen molar-refractivity contribution in [1.29, 1.82) is 0 Å². The third-order valence-corrected chi connectivity index (χ3v) is 6.15. The second-order valence-corrected chi connectivity index (χ2v) is 8.43. The molecule has 2 aliphatic rings. The summed E-state index contributed by atoms with van der Waals surface area (Å²) >= 11 is 0. The van der Waals surface area contributed by atoms with Gasteiger partial charge in [0.1, 0.15) is 12.4 Å². The van der Waals surface area contributed by atoms with Crippen molar-refractivity contribution in [1.82, 2.24) is 9.78 Å². The van der Waals surface area contributed by atoms with Crippen molar-refractivity contribution in [2.75, 3.05) is 4.90 Å². The van der Waals surface area contributed by atoms with Gasteiger partial charge in [-0.2, -0.15) is 5.10 Å². The van der Waals surface area contributed by atoms with E-state index < -0.39 is 0 Å². The quantitative estimate of drug-likeness (QED) is 0.594. The highest BCUT2D eigenvalue weighted by Crippen LogP contribution is 2.44. The minimum atomic E-state index is 0.0757. The van der Waals surface area contributed by atoms with Crippen LogP contribution < -0.4 is 9.64 Å². The van der Waals surface area contributed by atoms with E-state index >= 15 is 0 Å². The van der Waals surface area contributed by atoms with Crippen LogP contribution in [0.1, 0.15) is 50.3 Å². The molecule has 3 aromatic rings. The third kappa shape index (κ3) is 3.49. The molecule has 1 aliphatic heterocycles. The molecule has 1 fully saturated rings. The first-order valence-electron chi connectivity index (χ1n) is 10.8. The number of anilines is 1. The van der Waals surface area contributed by atoms with Gasteiger partial charge in [-0.25, -0.2) is 0 Å². The molecule has 1 atom stereocenters. The molecule has 0 spiro atoms. The minimum Gasteiger partial charge on any atom is -0.488 e. The zero-order valence-corrected chi connectivity index (χ0v) is 17.5. The zero-order valence-electron chi connectivity index (χ0n) is 17.5. The Morgan fingerprint density at radius 3 is 2.67 bits per heavy atom. The van der Waals surface area contributed by atoms with Crippen molar-refractivity contribution < 1.29 is 9.53 Å². The lowest BCUT2D eigenvalue weighted by molar-refractivity contribution is -0.117. The summed E-state index contributed by atoms with van der Waals surface area (Å²) in [5.41, 5.74) is 5.34. The Balaban J connectivity index is 1.58. The minimum absolute atomic E-state index is 0.0757. The molecule has 1 aliphatic carbocycles. The molecule has 0 radical (unpaired) electrons. The van der Waals surface area contributed by atoms with Crippen LogP contribution in [0.4, 0.5) is 5.69 Å². The number of carbonyl (C=O) groups excluding carboxylic acids is 1. The van der Waals surface area contributed by atoms with E-state index in [-0.39, 0.29) is 11.9 Å². The molecule has 0 saturated heterocycles. The predicted molar refractivity (Wildman–Crippen MR) is 118 cm³/mol. The number of benzene rings is 2. The zero-order chi connectivity index (χ0) is 20.7. The Labute approximate surface area is 177 Å². The van der Waals surface area contributed by atoms with Crippen molar-refractivity contribution >= 4 is 11.6 Å². The average Bonchev–Trinajstić information content (AvgIpc) is 3.49. The van der Waals surface area contributed by atoms with E-state index in [0.717, 1.165) is 46.5 Å². The van der Waals surface area contributed by atoms with Gasteiger partial charge in [0.25, 0.3) is 0 Å². The molecule has 2 aromatic carbocycles. The fourth-order valence-corrected chi connectivity index (χ4v) is 4.42. The van der Waals surface area contributed by atoms with E-state index in [2.05, 4.69) is 47.2 Å². The van der Waals surface area contributed by atoms with E-state index in [4.69, 9.17) is 4.74 Å². The van der Waals surface area contributed by atoms with Crippen LogP contribution >= 0.6 is 0 Å². The van der Waals surface area contributed by atoms with Gasteiger partial charge in [-0.15, -0.1) is 0 Å². The average molecular weight is 402 g/mol. The first-order chi connectivity index (χ1) is 14.6. The van der Waals surface area contributed by atoms with E-state index in [1.54, 1.807) is 6.92 Å². The molecule has 5 heteroatoms. The summed E-state index contributed by atoms with van der Waals surface area (Å²) in [6.07, 6.45) is 8.29. The normalized spacial score (nSPS) is 18.2. The molecule has 1 aromatic heterocycles. The van der Waals surface area contributed by atoms with Crippen molar-refractivity contribution in [3.63, 3.8) is 0 Å². The van der Waals surface area contributed by atoms with Gasteiger partial charge in [0.15, 0.2) is 0 Å². The van der Waals surface area contributed by atoms with Crippen LogP contribution in [0.5, 0.6) is 5.75 Å². The van der Waals surface area contributed by atoms with Crippen molar-refractivity contribution in [3.05, 3.63) is 66.0 Å². The van der Waals surface area contributed by atoms with E-state index in [1.165, 1.54) is 12.8 Å². The molecule has 5 nitrogen and oxygen atoms in total. The molecule has 5 rings (SSSR count). The molecule has 30 heavy (non-hydrogen) atoms. The lowest BCUT2D eigenvalue weighted by atomic mass is 9.92. The molecular weight excluding hydrogens is 374 g/mol. The van der Waals surface area contributed by atoms with Crippen LogP contribution in [0.25, 0.3) is 11.1 Å². The maximum atomic E-state index is 12.4. The summed E-state index contributed by atoms with van der Waals surface area (Å²) in [4.78, 5) is 14.3. The summed E-state index contributed by atoms with van der Waals surface area (Å²) in [5, 5.41) is 4.58. The smallest absolute Gasteiger partial charge is 0.224 e. The van der Waals surface area contributed by atoms with Gasteiger partial charge in [-0.05, 0) is 50.3 Å². The lowest BCUT2D eigenvalue weighted by Crippen LogP contribution is -2.40. The first-order valence-corrected chi connectivity index (χ1v) is 10.8. The maximum absolute atomic E-state index is 12.4. The monoisotopic (exact) mass is 401 g/mol. The lowest BCUT2D eigenvalue weighted by Gasteiger charge is -2.36. The number of carbonyl (C=O) groups is 1. The number of rotatable bonds is 5. The van der Waals surface area contributed by atoms with E-state index in [0.29, 0.717) is 12.6 Å². The van der Waals surface area contributed by atoms with Crippen LogP contribution in [0, 0.1) is 0 Å². The van der Waals surface area contributed by atoms with Crippen molar-refractivity contribution in [2.45, 2.75) is 58.2 Å². The number of nitrogens with zero attached hydrogens (tertiary/aromatic N) is 3. The van der Waals surface area contributed by atoms with Crippen LogP contribution in [0.2, 0.25) is 0 Å². The number of fused-ring (bicyclic) bond motifs is 1. The second kappa shape index (κ2) is 7.63. The van der Waals surface area contributed by atoms with Gasteiger partial charge in [-0.3, -0.25) is 9.48 Å². The third-order valence-electron chi connectivity index (χ3n) is 6.15. The molecule has 0 unspecified atom stereocenters. The van der Waals surface area contributed by atoms with Crippen LogP contribution in [-0.2, 0) is 17.8 Å². The molecule has 1 amide bonds. The van der Waals surface area contributed by atoms with Crippen LogP contribution in [0.3, 0.4) is 0 Å². The number of hydrogen-bond acceptors (Lipinski definition) is 3. The summed E-state index contributed by atoms with van der Waals surface area (Å²) < 4.78 is 8.52. The first kappa shape index (κ1) is 18.9. The Bertz CT molecular complexity index is 1070. The standard InChI is InChI=1S/C25H27N3O2/c1-17-8-11-23-24(28(17)18(2)29)13-12-22(20-14-26-27(15-20)21-9-10-21)25(23)30-16-19-6-4-3-5-7-19/h3-7,12-15,17,21H,8-11,16H2,1-2H3/t17-/m0/s1. The van der Waals surface area contributed by atoms with Gasteiger partial charge in [0, 0.05) is 35.9 Å². The Morgan fingerprint density at radius 2 is 1.93 bits per heavy atom. The fourth-order valence-electron chi connectivity index (χ4n) is 4.42. The van der Waals surface area contributed by atoms with Gasteiger partial charge in [0.05, 0.1) is 17.9 Å².